The van der Waals surface area contributed by atoms with Crippen LogP contribution in [0.5, 0.6) is 0 Å². The molecule has 1 aliphatic heterocycles. The van der Waals surface area contributed by atoms with Crippen LogP contribution in [0.3, 0.4) is 0 Å². The van der Waals surface area contributed by atoms with Crippen LogP contribution in [0, 0.1) is 0 Å². The van der Waals surface area contributed by atoms with Crippen molar-refractivity contribution >= 4 is 35.0 Å². The van der Waals surface area contributed by atoms with Gasteiger partial charge in [-0.2, -0.15) is 0 Å². The van der Waals surface area contributed by atoms with Crippen LogP contribution in [0.15, 0.2) is 60.8 Å². The normalized spacial score (nSPS) is 13.5. The number of nitrogens with zero attached hydrogens (tertiary/aromatic N) is 5. The fourth-order valence-corrected chi connectivity index (χ4v) is 7.19. The zero-order valence-electron chi connectivity index (χ0n) is 30.9. The number of likely N-dealkylation sites (tertiary alicyclic amines) is 1. The molecule has 0 spiro atoms. The van der Waals surface area contributed by atoms with Crippen LogP contribution in [0.2, 0.25) is 0 Å². The second-order valence-corrected chi connectivity index (χ2v) is 14.7. The Labute approximate surface area is 307 Å². The molecule has 4 rings (SSSR count). The highest BCUT2D eigenvalue weighted by molar-refractivity contribution is 7.13. The number of rotatable bonds is 19. The van der Waals surface area contributed by atoms with Gasteiger partial charge in [-0.15, -0.1) is 11.3 Å². The summed E-state index contributed by atoms with van der Waals surface area (Å²) in [4.78, 5) is 62.3. The first kappa shape index (κ1) is 39.7. The largest absolute Gasteiger partial charge is 0.462 e. The van der Waals surface area contributed by atoms with Gasteiger partial charge in [-0.3, -0.25) is 19.2 Å². The van der Waals surface area contributed by atoms with Crippen molar-refractivity contribution in [3.8, 4) is 11.1 Å². The van der Waals surface area contributed by atoms with Crippen molar-refractivity contribution in [1.82, 2.24) is 24.6 Å². The average molecular weight is 718 g/mol. The minimum Gasteiger partial charge on any atom is -0.462 e. The van der Waals surface area contributed by atoms with E-state index in [1.54, 1.807) is 30.1 Å². The molecule has 1 fully saturated rings. The van der Waals surface area contributed by atoms with Crippen LogP contribution in [-0.2, 0) is 32.0 Å². The van der Waals surface area contributed by atoms with Gasteiger partial charge in [-0.1, -0.05) is 67.4 Å². The quantitative estimate of drug-likeness (QED) is 0.112. The molecule has 51 heavy (non-hydrogen) atoms. The molecule has 0 saturated carbocycles. The van der Waals surface area contributed by atoms with Crippen molar-refractivity contribution in [2.24, 2.45) is 0 Å². The summed E-state index contributed by atoms with van der Waals surface area (Å²) in [5.41, 5.74) is 3.14. The van der Waals surface area contributed by atoms with Crippen LogP contribution in [0.1, 0.15) is 78.5 Å². The number of unbranched alkanes of at least 4 members (excludes halogenated alkanes) is 3. The van der Waals surface area contributed by atoms with E-state index in [1.165, 1.54) is 18.3 Å². The van der Waals surface area contributed by atoms with E-state index in [1.807, 2.05) is 54.4 Å². The van der Waals surface area contributed by atoms with Crippen LogP contribution in [-0.4, -0.2) is 115 Å². The Kier molecular flexibility index (Phi) is 16.1. The van der Waals surface area contributed by atoms with Gasteiger partial charge in [0.05, 0.1) is 17.6 Å². The molecule has 0 aliphatic carbocycles. The summed E-state index contributed by atoms with van der Waals surface area (Å²) in [5, 5.41) is 0.964. The lowest BCUT2D eigenvalue weighted by atomic mass is 9.98. The molecule has 0 N–H and O–H groups in total. The maximum atomic E-state index is 12.8. The van der Waals surface area contributed by atoms with Crippen molar-refractivity contribution in [3.63, 3.8) is 0 Å². The molecule has 2 aromatic carbocycles. The standard InChI is InChI=1S/C40H55N5O5S/c1-31(46)42(2)23-14-24-44(4)40(49)36-30-41-37(51-36)19-10-5-6-11-20-38(47)43(3)27-28-45-25-21-34(22-26-45)50-39(48)29-33-17-12-13-18-35(33)32-15-8-7-9-16-32/h7-9,12-13,15-18,30,34H,5-6,10-11,14,19-29H2,1-4H3. The van der Waals surface area contributed by atoms with E-state index in [-0.39, 0.29) is 36.2 Å². The van der Waals surface area contributed by atoms with Gasteiger partial charge < -0.3 is 24.3 Å². The Bertz CT molecular complexity index is 1560. The molecule has 3 amide bonds. The minimum absolute atomic E-state index is 0.0225. The topological polar surface area (TPSA) is 103 Å². The highest BCUT2D eigenvalue weighted by Crippen LogP contribution is 2.25. The molecular formula is C40H55N5O5S. The van der Waals surface area contributed by atoms with Crippen LogP contribution in [0.25, 0.3) is 11.1 Å². The number of benzene rings is 2. The molecule has 1 saturated heterocycles. The summed E-state index contributed by atoms with van der Waals surface area (Å²) in [6, 6.07) is 18.1. The number of hydrogen-bond acceptors (Lipinski definition) is 8. The molecule has 0 atom stereocenters. The van der Waals surface area contributed by atoms with Gasteiger partial charge in [0.25, 0.3) is 5.91 Å². The second kappa shape index (κ2) is 20.7. The summed E-state index contributed by atoms with van der Waals surface area (Å²) < 4.78 is 5.88. The summed E-state index contributed by atoms with van der Waals surface area (Å²) in [6.07, 6.45) is 9.42. The molecule has 0 radical (unpaired) electrons. The summed E-state index contributed by atoms with van der Waals surface area (Å²) in [6.45, 7) is 5.96. The van der Waals surface area contributed by atoms with Gasteiger partial charge in [-0.05, 0) is 55.2 Å². The zero-order valence-corrected chi connectivity index (χ0v) is 31.7. The average Bonchev–Trinajstić information content (AvgIpc) is 3.61. The van der Waals surface area contributed by atoms with Gasteiger partial charge in [0.15, 0.2) is 0 Å². The van der Waals surface area contributed by atoms with E-state index in [2.05, 4.69) is 22.0 Å². The van der Waals surface area contributed by atoms with Gasteiger partial charge in [-0.25, -0.2) is 4.98 Å². The highest BCUT2D eigenvalue weighted by atomic mass is 32.1. The Morgan fingerprint density at radius 1 is 0.824 bits per heavy atom. The van der Waals surface area contributed by atoms with E-state index in [0.717, 1.165) is 92.7 Å². The number of amides is 3. The van der Waals surface area contributed by atoms with Crippen molar-refractivity contribution in [2.45, 2.75) is 77.2 Å². The molecule has 276 valence electrons. The fraction of sp³-hybridized carbons (Fsp3) is 0.525. The molecular weight excluding hydrogens is 663 g/mol. The van der Waals surface area contributed by atoms with Crippen LogP contribution in [0.4, 0.5) is 0 Å². The lowest BCUT2D eigenvalue weighted by molar-refractivity contribution is -0.150. The lowest BCUT2D eigenvalue weighted by Gasteiger charge is -2.32. The number of piperidine rings is 1. The number of thiazole rings is 1. The molecule has 3 aromatic rings. The van der Waals surface area contributed by atoms with Crippen molar-refractivity contribution in [2.75, 3.05) is 60.4 Å². The second-order valence-electron chi connectivity index (χ2n) is 13.6. The van der Waals surface area contributed by atoms with Gasteiger partial charge >= 0.3 is 5.97 Å². The molecule has 0 bridgehead atoms. The van der Waals surface area contributed by atoms with Crippen molar-refractivity contribution in [1.29, 1.82) is 0 Å². The first-order chi connectivity index (χ1) is 24.6. The number of esters is 1. The minimum atomic E-state index is -0.182. The zero-order chi connectivity index (χ0) is 36.6. The molecule has 0 unspecified atom stereocenters. The molecule has 2 heterocycles. The molecule has 1 aliphatic rings. The molecule has 11 heteroatoms. The first-order valence-corrected chi connectivity index (χ1v) is 19.1. The number of ether oxygens (including phenoxy) is 1. The Hall–Kier alpha value is -4.09. The predicted octanol–water partition coefficient (Wildman–Crippen LogP) is 5.95. The fourth-order valence-electron chi connectivity index (χ4n) is 6.24. The van der Waals surface area contributed by atoms with E-state index >= 15 is 0 Å². The SMILES string of the molecule is CC(=O)N(C)CCCN(C)C(=O)c1cnc(CCCCCCC(=O)N(C)CCN2CCC(OC(=O)Cc3ccccc3-c3ccccc3)CC2)s1. The number of carbonyl (C=O) groups excluding carboxylic acids is 4. The first-order valence-electron chi connectivity index (χ1n) is 18.3. The summed E-state index contributed by atoms with van der Waals surface area (Å²) in [7, 11) is 5.43. The van der Waals surface area contributed by atoms with Crippen LogP contribution < -0.4 is 0 Å². The smallest absolute Gasteiger partial charge is 0.310 e. The maximum absolute atomic E-state index is 12.8. The van der Waals surface area contributed by atoms with E-state index < -0.39 is 0 Å². The third kappa shape index (κ3) is 13.2. The Balaban J connectivity index is 1.04. The van der Waals surface area contributed by atoms with E-state index in [9.17, 15) is 19.2 Å². The Morgan fingerprint density at radius 3 is 2.25 bits per heavy atom. The number of aromatic nitrogens is 1. The summed E-state index contributed by atoms with van der Waals surface area (Å²) >= 11 is 1.45. The number of aryl methyl sites for hydroxylation is 1. The predicted molar refractivity (Wildman–Crippen MR) is 203 cm³/mol. The summed E-state index contributed by atoms with van der Waals surface area (Å²) in [5.74, 6) is -0.0170. The monoisotopic (exact) mass is 717 g/mol. The lowest BCUT2D eigenvalue weighted by Crippen LogP contribution is -2.42. The van der Waals surface area contributed by atoms with E-state index in [4.69, 9.17) is 4.74 Å². The molecule has 10 nitrogen and oxygen atoms in total. The van der Waals surface area contributed by atoms with Crippen LogP contribution >= 0.6 is 11.3 Å². The molecule has 1 aromatic heterocycles. The van der Waals surface area contributed by atoms with Gasteiger partial charge in [0.2, 0.25) is 11.8 Å². The third-order valence-electron chi connectivity index (χ3n) is 9.61. The van der Waals surface area contributed by atoms with Crippen molar-refractivity contribution < 1.29 is 23.9 Å². The highest BCUT2D eigenvalue weighted by Gasteiger charge is 2.23. The van der Waals surface area contributed by atoms with Gasteiger partial charge in [0, 0.05) is 73.8 Å². The number of likely N-dealkylation sites (N-methyl/N-ethyl adjacent to an activating group) is 1. The van der Waals surface area contributed by atoms with Gasteiger partial charge in [0.1, 0.15) is 11.0 Å². The maximum Gasteiger partial charge on any atom is 0.310 e. The Morgan fingerprint density at radius 2 is 1.51 bits per heavy atom. The number of carbonyl (C=O) groups is 4. The van der Waals surface area contributed by atoms with Crippen molar-refractivity contribution in [3.05, 3.63) is 76.2 Å². The van der Waals surface area contributed by atoms with E-state index in [0.29, 0.717) is 30.9 Å². The number of hydrogen-bond donors (Lipinski definition) is 0. The third-order valence-corrected chi connectivity index (χ3v) is 10.7.